The number of hydrogen-bond donors (Lipinski definition) is 2. The molecular formula is C22H24N2O2. The Labute approximate surface area is 154 Å². The van der Waals surface area contributed by atoms with Gasteiger partial charge >= 0.3 is 0 Å². The van der Waals surface area contributed by atoms with Gasteiger partial charge in [-0.1, -0.05) is 48.5 Å². The Morgan fingerprint density at radius 2 is 0.962 bits per heavy atom. The predicted octanol–water partition coefficient (Wildman–Crippen LogP) is 4.93. The lowest BCUT2D eigenvalue weighted by molar-refractivity contribution is 0.416. The van der Waals surface area contributed by atoms with Crippen LogP contribution in [0.15, 0.2) is 72.8 Å². The molecule has 0 amide bonds. The Balaban J connectivity index is 1.56. The van der Waals surface area contributed by atoms with Crippen molar-refractivity contribution in [3.8, 4) is 11.5 Å². The molecule has 0 fully saturated rings. The molecule has 0 heterocycles. The van der Waals surface area contributed by atoms with Gasteiger partial charge in [-0.25, -0.2) is 0 Å². The highest BCUT2D eigenvalue weighted by atomic mass is 16.5. The number of rotatable bonds is 8. The molecule has 3 rings (SSSR count). The van der Waals surface area contributed by atoms with E-state index in [0.29, 0.717) is 0 Å². The molecule has 0 radical (unpaired) electrons. The quantitative estimate of drug-likeness (QED) is 0.606. The van der Waals surface area contributed by atoms with Crippen LogP contribution in [0.2, 0.25) is 0 Å². The van der Waals surface area contributed by atoms with Crippen LogP contribution in [0.3, 0.4) is 0 Å². The zero-order chi connectivity index (χ0) is 18.2. The molecule has 0 bridgehead atoms. The molecule has 0 saturated carbocycles. The van der Waals surface area contributed by atoms with E-state index in [0.717, 1.165) is 36.0 Å². The van der Waals surface area contributed by atoms with E-state index >= 15 is 0 Å². The number of nitrogens with one attached hydrogen (secondary N) is 2. The second-order valence-electron chi connectivity index (χ2n) is 5.92. The average Bonchev–Trinajstić information content (AvgIpc) is 2.72. The largest absolute Gasteiger partial charge is 0.495 e. The van der Waals surface area contributed by atoms with Crippen molar-refractivity contribution >= 4 is 11.4 Å². The third-order valence-electron chi connectivity index (χ3n) is 4.20. The van der Waals surface area contributed by atoms with Gasteiger partial charge in [-0.2, -0.15) is 0 Å². The summed E-state index contributed by atoms with van der Waals surface area (Å²) >= 11 is 0. The van der Waals surface area contributed by atoms with Crippen LogP contribution in [0, 0.1) is 0 Å². The number of hydrogen-bond acceptors (Lipinski definition) is 4. The first-order chi connectivity index (χ1) is 12.8. The summed E-state index contributed by atoms with van der Waals surface area (Å²) in [6.45, 7) is 1.50. The van der Waals surface area contributed by atoms with E-state index in [9.17, 15) is 0 Å². The van der Waals surface area contributed by atoms with Crippen molar-refractivity contribution in [2.45, 2.75) is 13.1 Å². The van der Waals surface area contributed by atoms with Crippen LogP contribution in [0.25, 0.3) is 0 Å². The second-order valence-corrected chi connectivity index (χ2v) is 5.92. The van der Waals surface area contributed by atoms with E-state index in [1.165, 1.54) is 11.1 Å². The Bertz CT molecular complexity index is 761. The lowest BCUT2D eigenvalue weighted by Gasteiger charge is -2.12. The molecule has 3 aromatic rings. The fraction of sp³-hybridized carbons (Fsp3) is 0.182. The van der Waals surface area contributed by atoms with Gasteiger partial charge < -0.3 is 20.1 Å². The van der Waals surface area contributed by atoms with Crippen LogP contribution in [-0.2, 0) is 13.1 Å². The summed E-state index contributed by atoms with van der Waals surface area (Å²) in [5.41, 5.74) is 4.43. The fourth-order valence-corrected chi connectivity index (χ4v) is 2.75. The highest BCUT2D eigenvalue weighted by molar-refractivity contribution is 5.57. The maximum Gasteiger partial charge on any atom is 0.141 e. The van der Waals surface area contributed by atoms with Crippen LogP contribution < -0.4 is 20.1 Å². The molecule has 0 atom stereocenters. The van der Waals surface area contributed by atoms with Crippen molar-refractivity contribution in [2.75, 3.05) is 24.9 Å². The van der Waals surface area contributed by atoms with Gasteiger partial charge in [0.15, 0.2) is 0 Å². The molecule has 2 N–H and O–H groups in total. The molecule has 0 unspecified atom stereocenters. The Kier molecular flexibility index (Phi) is 5.99. The molecule has 0 aliphatic heterocycles. The van der Waals surface area contributed by atoms with E-state index in [2.05, 4.69) is 34.9 Å². The number of methoxy groups -OCH3 is 2. The third-order valence-corrected chi connectivity index (χ3v) is 4.20. The van der Waals surface area contributed by atoms with Crippen LogP contribution >= 0.6 is 0 Å². The monoisotopic (exact) mass is 348 g/mol. The molecule has 0 spiro atoms. The van der Waals surface area contributed by atoms with Gasteiger partial charge in [0.25, 0.3) is 0 Å². The van der Waals surface area contributed by atoms with Crippen molar-refractivity contribution in [2.24, 2.45) is 0 Å². The lowest BCUT2D eigenvalue weighted by atomic mass is 10.1. The van der Waals surface area contributed by atoms with Gasteiger partial charge in [-0.3, -0.25) is 0 Å². The first-order valence-electron chi connectivity index (χ1n) is 8.62. The highest BCUT2D eigenvalue weighted by Crippen LogP contribution is 2.25. The highest BCUT2D eigenvalue weighted by Gasteiger charge is 2.03. The Morgan fingerprint density at radius 3 is 1.35 bits per heavy atom. The molecule has 0 aromatic heterocycles. The molecule has 3 aromatic carbocycles. The van der Waals surface area contributed by atoms with E-state index in [-0.39, 0.29) is 0 Å². The summed E-state index contributed by atoms with van der Waals surface area (Å²) in [6, 6.07) is 24.4. The SMILES string of the molecule is COc1ccccc1NCc1ccc(CNc2ccccc2OC)cc1. The van der Waals surface area contributed by atoms with E-state index in [1.54, 1.807) is 14.2 Å². The molecule has 134 valence electrons. The molecule has 0 aliphatic carbocycles. The summed E-state index contributed by atoms with van der Waals surface area (Å²) in [4.78, 5) is 0. The molecular weight excluding hydrogens is 324 g/mol. The van der Waals surface area contributed by atoms with E-state index in [4.69, 9.17) is 9.47 Å². The summed E-state index contributed by atoms with van der Waals surface area (Å²) in [7, 11) is 3.37. The molecule has 4 nitrogen and oxygen atoms in total. The van der Waals surface area contributed by atoms with E-state index in [1.807, 2.05) is 48.5 Å². The van der Waals surface area contributed by atoms with E-state index < -0.39 is 0 Å². The summed E-state index contributed by atoms with van der Waals surface area (Å²) in [6.07, 6.45) is 0. The lowest BCUT2D eigenvalue weighted by Crippen LogP contribution is -2.03. The van der Waals surface area contributed by atoms with Crippen LogP contribution in [0.5, 0.6) is 11.5 Å². The minimum absolute atomic E-state index is 0.751. The van der Waals surface area contributed by atoms with Crippen molar-refractivity contribution in [1.82, 2.24) is 0 Å². The number of para-hydroxylation sites is 4. The van der Waals surface area contributed by atoms with Crippen molar-refractivity contribution < 1.29 is 9.47 Å². The van der Waals surface area contributed by atoms with Gasteiger partial charge in [0, 0.05) is 13.1 Å². The predicted molar refractivity (Wildman–Crippen MR) is 107 cm³/mol. The van der Waals surface area contributed by atoms with Crippen molar-refractivity contribution in [3.05, 3.63) is 83.9 Å². The minimum Gasteiger partial charge on any atom is -0.495 e. The van der Waals surface area contributed by atoms with Gasteiger partial charge in [0.05, 0.1) is 25.6 Å². The molecule has 4 heteroatoms. The normalized spacial score (nSPS) is 10.2. The van der Waals surface area contributed by atoms with Crippen molar-refractivity contribution in [1.29, 1.82) is 0 Å². The molecule has 26 heavy (non-hydrogen) atoms. The smallest absolute Gasteiger partial charge is 0.141 e. The Hall–Kier alpha value is -3.14. The number of anilines is 2. The maximum absolute atomic E-state index is 5.36. The molecule has 0 saturated heterocycles. The average molecular weight is 348 g/mol. The third kappa shape index (κ3) is 4.48. The summed E-state index contributed by atoms with van der Waals surface area (Å²) in [5, 5.41) is 6.83. The first kappa shape index (κ1) is 17.7. The zero-order valence-corrected chi connectivity index (χ0v) is 15.2. The maximum atomic E-state index is 5.36. The zero-order valence-electron chi connectivity index (χ0n) is 15.2. The minimum atomic E-state index is 0.751. The van der Waals surface area contributed by atoms with Gasteiger partial charge in [-0.15, -0.1) is 0 Å². The van der Waals surface area contributed by atoms with Crippen LogP contribution in [0.4, 0.5) is 11.4 Å². The standard InChI is InChI=1S/C22H24N2O2/c1-25-21-9-5-3-7-19(21)23-15-17-11-13-18(14-12-17)16-24-20-8-4-6-10-22(20)26-2/h3-14,23-24H,15-16H2,1-2H3. The van der Waals surface area contributed by atoms with Gasteiger partial charge in [-0.05, 0) is 35.4 Å². The Morgan fingerprint density at radius 1 is 0.577 bits per heavy atom. The van der Waals surface area contributed by atoms with Crippen LogP contribution in [-0.4, -0.2) is 14.2 Å². The topological polar surface area (TPSA) is 42.5 Å². The second kappa shape index (κ2) is 8.81. The van der Waals surface area contributed by atoms with Gasteiger partial charge in [0.1, 0.15) is 11.5 Å². The van der Waals surface area contributed by atoms with Crippen molar-refractivity contribution in [3.63, 3.8) is 0 Å². The van der Waals surface area contributed by atoms with Crippen LogP contribution in [0.1, 0.15) is 11.1 Å². The first-order valence-corrected chi connectivity index (χ1v) is 8.62. The molecule has 0 aliphatic rings. The summed E-state index contributed by atoms with van der Waals surface area (Å²) < 4.78 is 10.7. The van der Waals surface area contributed by atoms with Gasteiger partial charge in [0.2, 0.25) is 0 Å². The fourth-order valence-electron chi connectivity index (χ4n) is 2.75. The summed E-state index contributed by atoms with van der Waals surface area (Å²) in [5.74, 6) is 1.70. The number of benzene rings is 3. The number of ether oxygens (including phenoxy) is 2.